The fourth-order valence-corrected chi connectivity index (χ4v) is 1.13. The monoisotopic (exact) mass is 248 g/mol. The van der Waals surface area contributed by atoms with Crippen LogP contribution in [0.5, 0.6) is 0 Å². The molecule has 0 amide bonds. The molecule has 4 nitrogen and oxygen atoms in total. The molecule has 1 aromatic rings. The fourth-order valence-electron chi connectivity index (χ4n) is 1.13. The van der Waals surface area contributed by atoms with Gasteiger partial charge in [0.1, 0.15) is 5.82 Å². The van der Waals surface area contributed by atoms with Gasteiger partial charge < -0.3 is 10.6 Å². The second kappa shape index (κ2) is 5.20. The van der Waals surface area contributed by atoms with Crippen molar-refractivity contribution in [3.8, 4) is 0 Å². The van der Waals surface area contributed by atoms with E-state index in [4.69, 9.17) is 0 Å². The van der Waals surface area contributed by atoms with Crippen molar-refractivity contribution >= 4 is 11.8 Å². The van der Waals surface area contributed by atoms with Crippen molar-refractivity contribution in [3.05, 3.63) is 11.8 Å². The first-order valence-electron chi connectivity index (χ1n) is 5.27. The van der Waals surface area contributed by atoms with Crippen LogP contribution in [-0.2, 0) is 6.18 Å². The van der Waals surface area contributed by atoms with Crippen LogP contribution in [-0.4, -0.2) is 23.1 Å². The Balaban J connectivity index is 3.05. The summed E-state index contributed by atoms with van der Waals surface area (Å²) in [4.78, 5) is 7.29. The molecule has 0 fully saturated rings. The van der Waals surface area contributed by atoms with Gasteiger partial charge in [0.05, 0.1) is 0 Å². The van der Waals surface area contributed by atoms with Crippen molar-refractivity contribution in [2.45, 2.75) is 32.5 Å². The second-order valence-electron chi connectivity index (χ2n) is 3.66. The molecule has 0 saturated carbocycles. The number of halogens is 3. The highest BCUT2D eigenvalue weighted by Crippen LogP contribution is 2.29. The first-order valence-corrected chi connectivity index (χ1v) is 5.27. The summed E-state index contributed by atoms with van der Waals surface area (Å²) in [6, 6.07) is 0.961. The number of hydrogen-bond acceptors (Lipinski definition) is 4. The molecule has 0 aliphatic heterocycles. The minimum Gasteiger partial charge on any atom is -0.367 e. The lowest BCUT2D eigenvalue weighted by molar-refractivity contribution is -0.141. The minimum absolute atomic E-state index is 0.0503. The molecule has 96 valence electrons. The lowest BCUT2D eigenvalue weighted by Crippen LogP contribution is -2.17. The number of anilines is 2. The quantitative estimate of drug-likeness (QED) is 0.860. The van der Waals surface area contributed by atoms with Gasteiger partial charge in [0.25, 0.3) is 0 Å². The number of aromatic nitrogens is 2. The highest BCUT2D eigenvalue weighted by Gasteiger charge is 2.33. The van der Waals surface area contributed by atoms with Crippen molar-refractivity contribution < 1.29 is 13.2 Å². The second-order valence-corrected chi connectivity index (χ2v) is 3.66. The van der Waals surface area contributed by atoms with Crippen LogP contribution >= 0.6 is 0 Å². The van der Waals surface area contributed by atoms with E-state index in [-0.39, 0.29) is 17.8 Å². The summed E-state index contributed by atoms with van der Waals surface area (Å²) in [5, 5.41) is 5.40. The first-order chi connectivity index (χ1) is 7.86. The Hall–Kier alpha value is -1.53. The van der Waals surface area contributed by atoms with E-state index in [0.717, 1.165) is 12.5 Å². The maximum Gasteiger partial charge on any atom is 0.433 e. The molecule has 0 aliphatic rings. The van der Waals surface area contributed by atoms with Crippen LogP contribution in [0.25, 0.3) is 0 Å². The van der Waals surface area contributed by atoms with Gasteiger partial charge in [0, 0.05) is 19.2 Å². The summed E-state index contributed by atoms with van der Waals surface area (Å²) in [5.41, 5.74) is -0.956. The first kappa shape index (κ1) is 13.5. The predicted octanol–water partition coefficient (Wildman–Crippen LogP) is 2.75. The van der Waals surface area contributed by atoms with Gasteiger partial charge in [-0.25, -0.2) is 4.98 Å². The van der Waals surface area contributed by atoms with Gasteiger partial charge in [-0.1, -0.05) is 6.92 Å². The van der Waals surface area contributed by atoms with Gasteiger partial charge in [-0.05, 0) is 13.3 Å². The summed E-state index contributed by atoms with van der Waals surface area (Å²) in [6.07, 6.45) is -3.68. The number of nitrogens with one attached hydrogen (secondary N) is 2. The summed E-state index contributed by atoms with van der Waals surface area (Å²) < 4.78 is 37.7. The molecule has 0 aliphatic carbocycles. The zero-order valence-corrected chi connectivity index (χ0v) is 9.89. The Morgan fingerprint density at radius 3 is 2.47 bits per heavy atom. The summed E-state index contributed by atoms with van der Waals surface area (Å²) in [6.45, 7) is 3.80. The molecule has 1 aromatic heterocycles. The SMILES string of the molecule is CCC(C)Nc1cc(C(F)(F)F)nc(NC)n1. The van der Waals surface area contributed by atoms with Crippen LogP contribution in [0.2, 0.25) is 0 Å². The maximum absolute atomic E-state index is 12.6. The molecule has 2 N–H and O–H groups in total. The summed E-state index contributed by atoms with van der Waals surface area (Å²) in [7, 11) is 1.47. The standard InChI is InChI=1S/C10H15F3N4/c1-4-6(2)15-8-5-7(10(11,12)13)16-9(14-3)17-8/h5-6H,4H2,1-3H3,(H2,14,15,16,17). The number of nitrogens with zero attached hydrogens (tertiary/aromatic N) is 2. The average molecular weight is 248 g/mol. The average Bonchev–Trinajstić information content (AvgIpc) is 2.27. The van der Waals surface area contributed by atoms with Gasteiger partial charge in [-0.2, -0.15) is 18.2 Å². The van der Waals surface area contributed by atoms with Crippen LogP contribution in [0, 0.1) is 0 Å². The Kier molecular flexibility index (Phi) is 4.14. The van der Waals surface area contributed by atoms with Gasteiger partial charge in [-0.3, -0.25) is 0 Å². The van der Waals surface area contributed by atoms with Crippen molar-refractivity contribution in [2.24, 2.45) is 0 Å². The van der Waals surface area contributed by atoms with Crippen molar-refractivity contribution in [2.75, 3.05) is 17.7 Å². The molecule has 0 bridgehead atoms. The lowest BCUT2D eigenvalue weighted by Gasteiger charge is -2.14. The summed E-state index contributed by atoms with van der Waals surface area (Å²) in [5.74, 6) is 0.122. The van der Waals surface area contributed by atoms with Crippen LogP contribution in [0.4, 0.5) is 24.9 Å². The molecular weight excluding hydrogens is 233 g/mol. The van der Waals surface area contributed by atoms with E-state index in [0.29, 0.717) is 0 Å². The molecular formula is C10H15F3N4. The number of rotatable bonds is 4. The third-order valence-corrected chi connectivity index (χ3v) is 2.25. The Morgan fingerprint density at radius 1 is 1.35 bits per heavy atom. The molecule has 17 heavy (non-hydrogen) atoms. The molecule has 1 rings (SSSR count). The van der Waals surface area contributed by atoms with Crippen LogP contribution in [0.3, 0.4) is 0 Å². The van der Waals surface area contributed by atoms with E-state index >= 15 is 0 Å². The molecule has 0 saturated heterocycles. The molecule has 0 spiro atoms. The van der Waals surface area contributed by atoms with Crippen molar-refractivity contribution in [1.82, 2.24) is 9.97 Å². The normalized spacial score (nSPS) is 13.3. The van der Waals surface area contributed by atoms with Crippen molar-refractivity contribution in [1.29, 1.82) is 0 Å². The molecule has 1 atom stereocenters. The lowest BCUT2D eigenvalue weighted by atomic mass is 10.2. The van der Waals surface area contributed by atoms with E-state index in [1.165, 1.54) is 7.05 Å². The highest BCUT2D eigenvalue weighted by atomic mass is 19.4. The van der Waals surface area contributed by atoms with E-state index in [9.17, 15) is 13.2 Å². The van der Waals surface area contributed by atoms with Gasteiger partial charge in [0.15, 0.2) is 5.69 Å². The predicted molar refractivity (Wildman–Crippen MR) is 60.0 cm³/mol. The van der Waals surface area contributed by atoms with E-state index < -0.39 is 11.9 Å². The molecule has 1 heterocycles. The molecule has 0 aromatic carbocycles. The molecule has 0 radical (unpaired) electrons. The fraction of sp³-hybridized carbons (Fsp3) is 0.600. The van der Waals surface area contributed by atoms with Crippen LogP contribution in [0.15, 0.2) is 6.07 Å². The van der Waals surface area contributed by atoms with E-state index in [1.54, 1.807) is 0 Å². The molecule has 7 heteroatoms. The Labute approximate surface area is 97.7 Å². The van der Waals surface area contributed by atoms with E-state index in [1.807, 2.05) is 13.8 Å². The maximum atomic E-state index is 12.6. The van der Waals surface area contributed by atoms with Gasteiger partial charge in [-0.15, -0.1) is 0 Å². The van der Waals surface area contributed by atoms with Gasteiger partial charge >= 0.3 is 6.18 Å². The van der Waals surface area contributed by atoms with Crippen molar-refractivity contribution in [3.63, 3.8) is 0 Å². The topological polar surface area (TPSA) is 49.8 Å². The highest BCUT2D eigenvalue weighted by molar-refractivity contribution is 5.43. The zero-order valence-electron chi connectivity index (χ0n) is 9.89. The number of alkyl halides is 3. The minimum atomic E-state index is -4.47. The smallest absolute Gasteiger partial charge is 0.367 e. The molecule has 1 unspecified atom stereocenters. The van der Waals surface area contributed by atoms with Crippen LogP contribution in [0.1, 0.15) is 26.0 Å². The van der Waals surface area contributed by atoms with Crippen LogP contribution < -0.4 is 10.6 Å². The number of hydrogen-bond donors (Lipinski definition) is 2. The zero-order chi connectivity index (χ0) is 13.1. The van der Waals surface area contributed by atoms with Gasteiger partial charge in [0.2, 0.25) is 5.95 Å². The van der Waals surface area contributed by atoms with E-state index in [2.05, 4.69) is 20.6 Å². The Morgan fingerprint density at radius 2 is 2.00 bits per heavy atom. The third-order valence-electron chi connectivity index (χ3n) is 2.25. The summed E-state index contributed by atoms with van der Waals surface area (Å²) >= 11 is 0. The Bertz CT molecular complexity index is 378. The third kappa shape index (κ3) is 3.76. The largest absolute Gasteiger partial charge is 0.433 e.